The Balaban J connectivity index is 1.61. The Hall–Kier alpha value is -3.11. The van der Waals surface area contributed by atoms with Gasteiger partial charge in [-0.3, -0.25) is 9.59 Å². The van der Waals surface area contributed by atoms with Crippen LogP contribution in [0, 0.1) is 0 Å². The molecule has 0 saturated carbocycles. The Morgan fingerprint density at radius 1 is 1.12 bits per heavy atom. The summed E-state index contributed by atoms with van der Waals surface area (Å²) in [5, 5.41) is 2.70. The minimum Gasteiger partial charge on any atom is -0.497 e. The van der Waals surface area contributed by atoms with Crippen LogP contribution in [-0.2, 0) is 26.0 Å². The molecule has 0 aliphatic carbocycles. The van der Waals surface area contributed by atoms with E-state index in [0.29, 0.717) is 23.6 Å². The molecule has 0 saturated heterocycles. The highest BCUT2D eigenvalue weighted by molar-refractivity contribution is 7.89. The van der Waals surface area contributed by atoms with Gasteiger partial charge >= 0.3 is 0 Å². The van der Waals surface area contributed by atoms with E-state index >= 15 is 0 Å². The Morgan fingerprint density at radius 3 is 2.53 bits per heavy atom. The number of anilines is 2. The quantitative estimate of drug-likeness (QED) is 0.624. The standard InChI is InChI=1S/C22H27N3O6S/c1-14-11-16-12-18(6-8-20(16)25(14)15(2)26)32(28,29)23-10-9-22(27)24-19-7-5-17(30-3)13-21(19)31-4/h5-8,12-14,23H,9-11H2,1-4H3,(H,24,27)/t14-/m0/s1. The van der Waals surface area contributed by atoms with Crippen molar-refractivity contribution in [2.24, 2.45) is 0 Å². The number of carbonyl (C=O) groups is 2. The van der Waals surface area contributed by atoms with E-state index in [-0.39, 0.29) is 35.7 Å². The molecule has 2 amide bonds. The summed E-state index contributed by atoms with van der Waals surface area (Å²) in [5.41, 5.74) is 2.00. The number of benzene rings is 2. The lowest BCUT2D eigenvalue weighted by molar-refractivity contribution is -0.117. The highest BCUT2D eigenvalue weighted by atomic mass is 32.2. The molecular formula is C22H27N3O6S. The molecule has 3 rings (SSSR count). The second-order valence-corrected chi connectivity index (χ2v) is 9.26. The Kier molecular flexibility index (Phi) is 7.05. The van der Waals surface area contributed by atoms with Crippen molar-refractivity contribution in [1.82, 2.24) is 4.72 Å². The van der Waals surface area contributed by atoms with Gasteiger partial charge in [0.05, 0.1) is 24.8 Å². The molecule has 2 N–H and O–H groups in total. The van der Waals surface area contributed by atoms with Crippen molar-refractivity contribution in [1.29, 1.82) is 0 Å². The first-order valence-corrected chi connectivity index (χ1v) is 11.6. The molecule has 0 unspecified atom stereocenters. The molecular weight excluding hydrogens is 434 g/mol. The molecule has 1 aliphatic rings. The fraction of sp³-hybridized carbons (Fsp3) is 0.364. The van der Waals surface area contributed by atoms with E-state index < -0.39 is 10.0 Å². The molecule has 2 aromatic rings. The van der Waals surface area contributed by atoms with Gasteiger partial charge in [0.25, 0.3) is 0 Å². The second kappa shape index (κ2) is 9.58. The van der Waals surface area contributed by atoms with Gasteiger partial charge in [0.2, 0.25) is 21.8 Å². The number of nitrogens with zero attached hydrogens (tertiary/aromatic N) is 1. The van der Waals surface area contributed by atoms with E-state index in [0.717, 1.165) is 11.3 Å². The monoisotopic (exact) mass is 461 g/mol. The molecule has 2 aromatic carbocycles. The van der Waals surface area contributed by atoms with Gasteiger partial charge in [0.1, 0.15) is 11.5 Å². The topological polar surface area (TPSA) is 114 Å². The average Bonchev–Trinajstić information content (AvgIpc) is 3.08. The Morgan fingerprint density at radius 2 is 1.88 bits per heavy atom. The van der Waals surface area contributed by atoms with Crippen molar-refractivity contribution in [3.63, 3.8) is 0 Å². The van der Waals surface area contributed by atoms with Crippen molar-refractivity contribution >= 4 is 33.2 Å². The van der Waals surface area contributed by atoms with Crippen LogP contribution in [0.25, 0.3) is 0 Å². The van der Waals surface area contributed by atoms with Crippen molar-refractivity contribution < 1.29 is 27.5 Å². The number of hydrogen-bond acceptors (Lipinski definition) is 6. The lowest BCUT2D eigenvalue weighted by atomic mass is 10.1. The predicted molar refractivity (Wildman–Crippen MR) is 121 cm³/mol. The van der Waals surface area contributed by atoms with Crippen molar-refractivity contribution in [3.05, 3.63) is 42.0 Å². The molecule has 1 atom stereocenters. The van der Waals surface area contributed by atoms with Crippen LogP contribution in [0.3, 0.4) is 0 Å². The number of rotatable bonds is 8. The third-order valence-corrected chi connectivity index (χ3v) is 6.70. The molecule has 0 fully saturated rings. The normalized spacial score (nSPS) is 15.2. The highest BCUT2D eigenvalue weighted by Gasteiger charge is 2.30. The summed E-state index contributed by atoms with van der Waals surface area (Å²) >= 11 is 0. The van der Waals surface area contributed by atoms with Crippen molar-refractivity contribution in [2.75, 3.05) is 31.0 Å². The zero-order chi connectivity index (χ0) is 23.5. The van der Waals surface area contributed by atoms with Crippen LogP contribution in [0.4, 0.5) is 11.4 Å². The molecule has 0 aromatic heterocycles. The van der Waals surface area contributed by atoms with E-state index in [9.17, 15) is 18.0 Å². The lowest BCUT2D eigenvalue weighted by Gasteiger charge is -2.20. The van der Waals surface area contributed by atoms with Crippen LogP contribution < -0.4 is 24.4 Å². The second-order valence-electron chi connectivity index (χ2n) is 7.49. The largest absolute Gasteiger partial charge is 0.497 e. The third-order valence-electron chi connectivity index (χ3n) is 5.24. The number of hydrogen-bond donors (Lipinski definition) is 2. The van der Waals surface area contributed by atoms with Gasteiger partial charge in [-0.2, -0.15) is 0 Å². The smallest absolute Gasteiger partial charge is 0.240 e. The van der Waals surface area contributed by atoms with Crippen LogP contribution in [0.1, 0.15) is 25.8 Å². The number of ether oxygens (including phenoxy) is 2. The number of carbonyl (C=O) groups excluding carboxylic acids is 2. The zero-order valence-electron chi connectivity index (χ0n) is 18.5. The first-order valence-electron chi connectivity index (χ1n) is 10.1. The molecule has 9 nitrogen and oxygen atoms in total. The first kappa shape index (κ1) is 23.6. The van der Waals surface area contributed by atoms with Gasteiger partial charge < -0.3 is 19.7 Å². The summed E-state index contributed by atoms with van der Waals surface area (Å²) in [6.45, 7) is 3.34. The van der Waals surface area contributed by atoms with Crippen LogP contribution in [0.5, 0.6) is 11.5 Å². The fourth-order valence-electron chi connectivity index (χ4n) is 3.75. The summed E-state index contributed by atoms with van der Waals surface area (Å²) in [4.78, 5) is 25.9. The number of nitrogens with one attached hydrogen (secondary N) is 2. The predicted octanol–water partition coefficient (Wildman–Crippen LogP) is 2.31. The van der Waals surface area contributed by atoms with E-state index in [4.69, 9.17) is 9.47 Å². The van der Waals surface area contributed by atoms with E-state index in [1.165, 1.54) is 27.2 Å². The van der Waals surface area contributed by atoms with E-state index in [1.54, 1.807) is 35.2 Å². The summed E-state index contributed by atoms with van der Waals surface area (Å²) < 4.78 is 38.2. The maximum absolute atomic E-state index is 12.7. The molecule has 32 heavy (non-hydrogen) atoms. The summed E-state index contributed by atoms with van der Waals surface area (Å²) in [5.74, 6) is 0.577. The van der Waals surface area contributed by atoms with Gasteiger partial charge in [-0.05, 0) is 49.2 Å². The minimum absolute atomic E-state index is 0.0212. The summed E-state index contributed by atoms with van der Waals surface area (Å²) in [7, 11) is -0.797. The number of fused-ring (bicyclic) bond motifs is 1. The maximum atomic E-state index is 12.7. The molecule has 0 bridgehead atoms. The van der Waals surface area contributed by atoms with Gasteiger partial charge in [0.15, 0.2) is 0 Å². The average molecular weight is 462 g/mol. The molecule has 1 aliphatic heterocycles. The lowest BCUT2D eigenvalue weighted by Crippen LogP contribution is -2.33. The maximum Gasteiger partial charge on any atom is 0.240 e. The van der Waals surface area contributed by atoms with Gasteiger partial charge in [-0.1, -0.05) is 0 Å². The van der Waals surface area contributed by atoms with Crippen LogP contribution >= 0.6 is 0 Å². The van der Waals surface area contributed by atoms with E-state index in [2.05, 4.69) is 10.0 Å². The van der Waals surface area contributed by atoms with Crippen LogP contribution in [-0.4, -0.2) is 47.0 Å². The number of amides is 2. The highest BCUT2D eigenvalue weighted by Crippen LogP contribution is 2.34. The van der Waals surface area contributed by atoms with E-state index in [1.807, 2.05) is 6.92 Å². The zero-order valence-corrected chi connectivity index (χ0v) is 19.3. The molecule has 0 radical (unpaired) electrons. The first-order chi connectivity index (χ1) is 15.2. The van der Waals surface area contributed by atoms with Crippen LogP contribution in [0.2, 0.25) is 0 Å². The number of sulfonamides is 1. The van der Waals surface area contributed by atoms with Crippen LogP contribution in [0.15, 0.2) is 41.3 Å². The number of methoxy groups -OCH3 is 2. The fourth-order valence-corrected chi connectivity index (χ4v) is 4.83. The Bertz CT molecular complexity index is 1130. The van der Waals surface area contributed by atoms with Crippen molar-refractivity contribution in [3.8, 4) is 11.5 Å². The molecule has 1 heterocycles. The molecule has 172 valence electrons. The summed E-state index contributed by atoms with van der Waals surface area (Å²) in [6.07, 6.45) is 0.527. The SMILES string of the molecule is COc1ccc(NC(=O)CCNS(=O)(=O)c2ccc3c(c2)C[C@H](C)N3C(C)=O)c(OC)c1. The third kappa shape index (κ3) is 5.03. The Labute approximate surface area is 187 Å². The molecule has 10 heteroatoms. The van der Waals surface area contributed by atoms with Gasteiger partial charge in [-0.15, -0.1) is 0 Å². The van der Waals surface area contributed by atoms with Gasteiger partial charge in [-0.25, -0.2) is 13.1 Å². The van der Waals surface area contributed by atoms with Crippen molar-refractivity contribution in [2.45, 2.75) is 37.6 Å². The summed E-state index contributed by atoms with van der Waals surface area (Å²) in [6, 6.07) is 9.65. The molecule has 0 spiro atoms. The van der Waals surface area contributed by atoms with Gasteiger partial charge in [0, 0.05) is 37.7 Å². The minimum atomic E-state index is -3.80.